The topological polar surface area (TPSA) is 83.6 Å². The number of nitrogens with zero attached hydrogens (tertiary/aromatic N) is 3. The normalized spacial score (nSPS) is 10.7. The van der Waals surface area contributed by atoms with Gasteiger partial charge < -0.3 is 0 Å². The predicted molar refractivity (Wildman–Crippen MR) is 95.2 cm³/mol. The summed E-state index contributed by atoms with van der Waals surface area (Å²) in [6.45, 7) is 0. The van der Waals surface area contributed by atoms with Crippen molar-refractivity contribution >= 4 is 33.9 Å². The highest BCUT2D eigenvalue weighted by Gasteiger charge is 2.15. The molecule has 0 unspecified atom stereocenters. The number of thiophene rings is 1. The third kappa shape index (κ3) is 2.97. The van der Waals surface area contributed by atoms with Crippen LogP contribution in [0.25, 0.3) is 22.0 Å². The number of anilines is 1. The van der Waals surface area contributed by atoms with Crippen LogP contribution in [0, 0.1) is 0 Å². The van der Waals surface area contributed by atoms with Gasteiger partial charge in [-0.15, -0.1) is 11.3 Å². The largest absolute Gasteiger partial charge is 0.295 e. The van der Waals surface area contributed by atoms with Crippen molar-refractivity contribution in [3.63, 3.8) is 0 Å². The van der Waals surface area contributed by atoms with E-state index >= 15 is 0 Å². The molecule has 0 aliphatic rings. The van der Waals surface area contributed by atoms with Crippen molar-refractivity contribution in [2.45, 2.75) is 0 Å². The first-order valence-electron chi connectivity index (χ1n) is 7.09. The SMILES string of the molecule is O=C(Nc1nc(-c2ccccc2)ns1)c1cc(-c2cccs2)[nH]n1. The fourth-order valence-corrected chi connectivity index (χ4v) is 3.41. The lowest BCUT2D eigenvalue weighted by molar-refractivity contribution is 0.102. The monoisotopic (exact) mass is 353 g/mol. The molecule has 8 heteroatoms. The fourth-order valence-electron chi connectivity index (χ4n) is 2.14. The van der Waals surface area contributed by atoms with Gasteiger partial charge in [-0.1, -0.05) is 36.4 Å². The molecule has 0 fully saturated rings. The number of aromatic amines is 1. The molecule has 6 nitrogen and oxygen atoms in total. The van der Waals surface area contributed by atoms with Gasteiger partial charge in [-0.05, 0) is 17.5 Å². The van der Waals surface area contributed by atoms with Gasteiger partial charge in [0, 0.05) is 17.1 Å². The van der Waals surface area contributed by atoms with Crippen LogP contribution < -0.4 is 5.32 Å². The molecule has 0 saturated heterocycles. The third-order valence-electron chi connectivity index (χ3n) is 3.28. The molecule has 2 N–H and O–H groups in total. The molecule has 24 heavy (non-hydrogen) atoms. The number of carbonyl (C=O) groups is 1. The molecular weight excluding hydrogens is 342 g/mol. The molecule has 4 aromatic rings. The molecule has 3 aromatic heterocycles. The molecule has 1 amide bonds. The Kier molecular flexibility index (Phi) is 3.89. The summed E-state index contributed by atoms with van der Waals surface area (Å²) in [7, 11) is 0. The maximum Gasteiger partial charge on any atom is 0.277 e. The Morgan fingerprint density at radius 3 is 2.79 bits per heavy atom. The maximum absolute atomic E-state index is 12.3. The average molecular weight is 353 g/mol. The number of hydrogen-bond acceptors (Lipinski definition) is 6. The summed E-state index contributed by atoms with van der Waals surface area (Å²) in [5.41, 5.74) is 2.04. The number of carbonyl (C=O) groups excluding carboxylic acids is 1. The number of benzene rings is 1. The Hall–Kier alpha value is -2.84. The lowest BCUT2D eigenvalue weighted by Crippen LogP contribution is -2.12. The second-order valence-corrected chi connectivity index (χ2v) is 6.59. The number of hydrogen-bond donors (Lipinski definition) is 2. The van der Waals surface area contributed by atoms with Gasteiger partial charge in [-0.3, -0.25) is 15.2 Å². The quantitative estimate of drug-likeness (QED) is 0.583. The van der Waals surface area contributed by atoms with Crippen molar-refractivity contribution in [3.8, 4) is 22.0 Å². The standard InChI is InChI=1S/C16H11N5OS2/c22-15(12-9-11(19-20-12)13-7-4-8-23-13)18-16-17-14(21-24-16)10-5-2-1-3-6-10/h1-9H,(H,19,20)(H,17,18,21,22). The van der Waals surface area contributed by atoms with Crippen LogP contribution in [0.3, 0.4) is 0 Å². The summed E-state index contributed by atoms with van der Waals surface area (Å²) in [5.74, 6) is 0.280. The number of amides is 1. The lowest BCUT2D eigenvalue weighted by Gasteiger charge is -1.96. The van der Waals surface area contributed by atoms with Crippen molar-refractivity contribution < 1.29 is 4.79 Å². The molecule has 0 aliphatic carbocycles. The van der Waals surface area contributed by atoms with Crippen LogP contribution in [0.1, 0.15) is 10.5 Å². The van der Waals surface area contributed by atoms with Crippen LogP contribution in [0.4, 0.5) is 5.13 Å². The minimum atomic E-state index is -0.315. The summed E-state index contributed by atoms with van der Waals surface area (Å²) in [5, 5.41) is 12.1. The van der Waals surface area contributed by atoms with Crippen molar-refractivity contribution in [2.75, 3.05) is 5.32 Å². The van der Waals surface area contributed by atoms with Gasteiger partial charge in [0.15, 0.2) is 11.5 Å². The van der Waals surface area contributed by atoms with Gasteiger partial charge in [-0.2, -0.15) is 14.5 Å². The minimum Gasteiger partial charge on any atom is -0.295 e. The van der Waals surface area contributed by atoms with Crippen LogP contribution in [-0.4, -0.2) is 25.5 Å². The molecule has 3 heterocycles. The second kappa shape index (κ2) is 6.34. The van der Waals surface area contributed by atoms with Crippen LogP contribution in [-0.2, 0) is 0 Å². The first kappa shape index (κ1) is 14.7. The van der Waals surface area contributed by atoms with E-state index in [4.69, 9.17) is 0 Å². The molecular formula is C16H11N5OS2. The molecule has 4 rings (SSSR count). The molecule has 0 spiro atoms. The van der Waals surface area contributed by atoms with Crippen molar-refractivity contribution in [2.24, 2.45) is 0 Å². The van der Waals surface area contributed by atoms with E-state index in [9.17, 15) is 4.79 Å². The third-order valence-corrected chi connectivity index (χ3v) is 4.81. The van der Waals surface area contributed by atoms with E-state index < -0.39 is 0 Å². The Labute approximate surface area is 145 Å². The smallest absolute Gasteiger partial charge is 0.277 e. The number of aromatic nitrogens is 4. The lowest BCUT2D eigenvalue weighted by atomic mass is 10.2. The van der Waals surface area contributed by atoms with Crippen molar-refractivity contribution in [1.29, 1.82) is 0 Å². The molecule has 0 radical (unpaired) electrons. The van der Waals surface area contributed by atoms with E-state index in [1.54, 1.807) is 17.4 Å². The van der Waals surface area contributed by atoms with Crippen LogP contribution in [0.15, 0.2) is 53.9 Å². The molecule has 1 aromatic carbocycles. The van der Waals surface area contributed by atoms with E-state index in [1.807, 2.05) is 47.8 Å². The van der Waals surface area contributed by atoms with Crippen LogP contribution >= 0.6 is 22.9 Å². The van der Waals surface area contributed by atoms with Gasteiger partial charge >= 0.3 is 0 Å². The fraction of sp³-hybridized carbons (Fsp3) is 0. The average Bonchev–Trinajstić information content (AvgIpc) is 3.36. The van der Waals surface area contributed by atoms with E-state index in [0.29, 0.717) is 16.6 Å². The number of H-pyrrole nitrogens is 1. The molecule has 0 saturated carbocycles. The van der Waals surface area contributed by atoms with E-state index in [1.165, 1.54) is 0 Å². The zero-order chi connectivity index (χ0) is 16.4. The highest BCUT2D eigenvalue weighted by atomic mass is 32.1. The highest BCUT2D eigenvalue weighted by molar-refractivity contribution is 7.13. The van der Waals surface area contributed by atoms with Gasteiger partial charge in [0.25, 0.3) is 5.91 Å². The second-order valence-electron chi connectivity index (χ2n) is 4.89. The summed E-state index contributed by atoms with van der Waals surface area (Å²) >= 11 is 2.73. The van der Waals surface area contributed by atoms with E-state index in [-0.39, 0.29) is 5.91 Å². The highest BCUT2D eigenvalue weighted by Crippen LogP contribution is 2.24. The van der Waals surface area contributed by atoms with E-state index in [0.717, 1.165) is 27.7 Å². The van der Waals surface area contributed by atoms with Crippen LogP contribution in [0.2, 0.25) is 0 Å². The van der Waals surface area contributed by atoms with Crippen molar-refractivity contribution in [3.05, 3.63) is 59.6 Å². The summed E-state index contributed by atoms with van der Waals surface area (Å²) in [6.07, 6.45) is 0. The van der Waals surface area contributed by atoms with E-state index in [2.05, 4.69) is 24.9 Å². The number of rotatable bonds is 4. The summed E-state index contributed by atoms with van der Waals surface area (Å²) in [6, 6.07) is 15.3. The first-order valence-corrected chi connectivity index (χ1v) is 8.75. The summed E-state index contributed by atoms with van der Waals surface area (Å²) < 4.78 is 4.27. The summed E-state index contributed by atoms with van der Waals surface area (Å²) in [4.78, 5) is 17.7. The van der Waals surface area contributed by atoms with Crippen LogP contribution in [0.5, 0.6) is 0 Å². The molecule has 118 valence electrons. The zero-order valence-electron chi connectivity index (χ0n) is 12.3. The maximum atomic E-state index is 12.3. The van der Waals surface area contributed by atoms with Crippen molar-refractivity contribution in [1.82, 2.24) is 19.6 Å². The molecule has 0 aliphatic heterocycles. The Morgan fingerprint density at radius 1 is 1.12 bits per heavy atom. The zero-order valence-corrected chi connectivity index (χ0v) is 13.9. The predicted octanol–water partition coefficient (Wildman–Crippen LogP) is 3.91. The van der Waals surface area contributed by atoms with Gasteiger partial charge in [0.1, 0.15) is 0 Å². The van der Waals surface area contributed by atoms with Gasteiger partial charge in [-0.25, -0.2) is 0 Å². The number of nitrogens with one attached hydrogen (secondary N) is 2. The Balaban J connectivity index is 1.50. The Morgan fingerprint density at radius 2 is 2.00 bits per heavy atom. The van der Waals surface area contributed by atoms with Gasteiger partial charge in [0.05, 0.1) is 10.6 Å². The van der Waals surface area contributed by atoms with Gasteiger partial charge in [0.2, 0.25) is 5.13 Å². The minimum absolute atomic E-state index is 0.315. The Bertz CT molecular complexity index is 959. The first-order chi connectivity index (χ1) is 11.8. The molecule has 0 atom stereocenters. The molecule has 0 bridgehead atoms.